The molecule has 0 aromatic rings. The van der Waals surface area contributed by atoms with Crippen LogP contribution in [0, 0.1) is 11.3 Å². The molecule has 0 bridgehead atoms. The minimum Gasteiger partial charge on any atom is -0.464 e. The monoisotopic (exact) mass is 435 g/mol. The first kappa shape index (κ1) is 25.4. The van der Waals surface area contributed by atoms with E-state index in [1.54, 1.807) is 11.8 Å². The quantitative estimate of drug-likeness (QED) is 0.337. The van der Waals surface area contributed by atoms with Crippen LogP contribution in [0.5, 0.6) is 0 Å². The predicted octanol–water partition coefficient (Wildman–Crippen LogP) is 5.44. The fourth-order valence-corrected chi connectivity index (χ4v) is 4.65. The van der Waals surface area contributed by atoms with Crippen LogP contribution >= 0.6 is 0 Å². The highest BCUT2D eigenvalue weighted by molar-refractivity contribution is 5.84. The zero-order chi connectivity index (χ0) is 23.4. The molecule has 2 rings (SSSR count). The summed E-state index contributed by atoms with van der Waals surface area (Å²) in [5.74, 6) is 0.261. The third-order valence-electron chi connectivity index (χ3n) is 6.27. The van der Waals surface area contributed by atoms with Crippen molar-refractivity contribution in [1.29, 1.82) is 0 Å². The van der Waals surface area contributed by atoms with Crippen molar-refractivity contribution in [3.8, 4) is 0 Å². The predicted molar refractivity (Wildman–Crippen MR) is 121 cm³/mol. The van der Waals surface area contributed by atoms with E-state index in [-0.39, 0.29) is 29.8 Å². The van der Waals surface area contributed by atoms with E-state index in [1.807, 2.05) is 20.8 Å². The first-order chi connectivity index (χ1) is 14.4. The van der Waals surface area contributed by atoms with Crippen molar-refractivity contribution in [2.75, 3.05) is 6.61 Å². The number of Topliss-reactive ketones (excluding diaryl/α,β-unsaturated/α-hetero) is 1. The van der Waals surface area contributed by atoms with Gasteiger partial charge < -0.3 is 9.47 Å². The maximum atomic E-state index is 12.8. The molecule has 1 aliphatic heterocycles. The number of rotatable bonds is 10. The average molecular weight is 436 g/mol. The maximum absolute atomic E-state index is 12.8. The summed E-state index contributed by atoms with van der Waals surface area (Å²) in [7, 11) is 0. The molecular formula is C25H41NO5. The van der Waals surface area contributed by atoms with Gasteiger partial charge in [-0.3, -0.25) is 9.69 Å². The number of ether oxygens (including phenoxy) is 2. The topological polar surface area (TPSA) is 72.9 Å². The second-order valence-electron chi connectivity index (χ2n) is 10.6. The molecule has 0 unspecified atom stereocenters. The number of amides is 1. The Balaban J connectivity index is 1.95. The minimum atomic E-state index is -0.631. The number of hydrogen-bond donors (Lipinski definition) is 0. The lowest BCUT2D eigenvalue weighted by atomic mass is 9.90. The highest BCUT2D eigenvalue weighted by Crippen LogP contribution is 2.62. The van der Waals surface area contributed by atoms with E-state index in [4.69, 9.17) is 9.47 Å². The number of ketones is 1. The molecule has 0 radical (unpaired) electrons. The Labute approximate surface area is 187 Å². The lowest BCUT2D eigenvalue weighted by Gasteiger charge is -2.29. The maximum Gasteiger partial charge on any atom is 0.411 e. The Morgan fingerprint density at radius 2 is 1.87 bits per heavy atom. The summed E-state index contributed by atoms with van der Waals surface area (Å²) in [5, 5.41) is 0. The summed E-state index contributed by atoms with van der Waals surface area (Å²) < 4.78 is 10.8. The molecular weight excluding hydrogens is 394 g/mol. The summed E-state index contributed by atoms with van der Waals surface area (Å²) in [5.41, 5.74) is 0.521. The second-order valence-corrected chi connectivity index (χ2v) is 10.6. The Bertz CT molecular complexity index is 703. The summed E-state index contributed by atoms with van der Waals surface area (Å²) in [4.78, 5) is 39.5. The van der Waals surface area contributed by atoms with E-state index in [1.165, 1.54) is 5.57 Å². The number of allylic oxidation sites excluding steroid dienone is 2. The SMILES string of the molecule is CCOC(=O)[C@@H]1C[C@@]2(CCC(=O)C[C@H](C)CCC=C(C)C)C[C@H]2N1C(=O)OC(C)(C)C. The Morgan fingerprint density at radius 1 is 1.19 bits per heavy atom. The molecule has 2 aliphatic rings. The molecule has 0 spiro atoms. The van der Waals surface area contributed by atoms with Gasteiger partial charge in [0.05, 0.1) is 6.61 Å². The molecule has 0 N–H and O–H groups in total. The van der Waals surface area contributed by atoms with Gasteiger partial charge in [-0.2, -0.15) is 0 Å². The zero-order valence-electron chi connectivity index (χ0n) is 20.5. The molecule has 6 heteroatoms. The second kappa shape index (κ2) is 10.2. The van der Waals surface area contributed by atoms with Gasteiger partial charge >= 0.3 is 12.1 Å². The largest absolute Gasteiger partial charge is 0.464 e. The van der Waals surface area contributed by atoms with Crippen LogP contribution in [0.4, 0.5) is 4.79 Å². The van der Waals surface area contributed by atoms with Crippen molar-refractivity contribution >= 4 is 17.8 Å². The number of likely N-dealkylation sites (tertiary alicyclic amines) is 1. The fraction of sp³-hybridized carbons (Fsp3) is 0.800. The van der Waals surface area contributed by atoms with E-state index in [0.717, 1.165) is 19.3 Å². The van der Waals surface area contributed by atoms with Gasteiger partial charge in [-0.25, -0.2) is 9.59 Å². The molecule has 0 aromatic heterocycles. The normalized spacial score (nSPS) is 25.5. The zero-order valence-corrected chi connectivity index (χ0v) is 20.5. The fourth-order valence-electron chi connectivity index (χ4n) is 4.65. The van der Waals surface area contributed by atoms with Crippen molar-refractivity contribution in [1.82, 2.24) is 4.90 Å². The van der Waals surface area contributed by atoms with Crippen molar-refractivity contribution in [2.24, 2.45) is 11.3 Å². The number of hydrogen-bond acceptors (Lipinski definition) is 5. The number of carbonyl (C=O) groups is 3. The van der Waals surface area contributed by atoms with E-state index in [0.29, 0.717) is 31.6 Å². The Morgan fingerprint density at radius 3 is 2.45 bits per heavy atom. The lowest BCUT2D eigenvalue weighted by Crippen LogP contribution is -2.46. The van der Waals surface area contributed by atoms with E-state index in [9.17, 15) is 14.4 Å². The van der Waals surface area contributed by atoms with Gasteiger partial charge in [-0.05, 0) is 85.0 Å². The number of nitrogens with zero attached hydrogens (tertiary/aromatic N) is 1. The summed E-state index contributed by atoms with van der Waals surface area (Å²) in [6.07, 6.45) is 6.96. The molecule has 0 aromatic carbocycles. The van der Waals surface area contributed by atoms with Crippen LogP contribution < -0.4 is 0 Å². The molecule has 1 aliphatic carbocycles. The van der Waals surface area contributed by atoms with Crippen LogP contribution in [0.3, 0.4) is 0 Å². The van der Waals surface area contributed by atoms with Gasteiger partial charge in [0.2, 0.25) is 0 Å². The molecule has 2 fully saturated rings. The molecule has 6 nitrogen and oxygen atoms in total. The lowest BCUT2D eigenvalue weighted by molar-refractivity contribution is -0.149. The third-order valence-corrected chi connectivity index (χ3v) is 6.27. The molecule has 1 amide bonds. The molecule has 1 heterocycles. The van der Waals surface area contributed by atoms with Gasteiger partial charge in [0.1, 0.15) is 17.4 Å². The van der Waals surface area contributed by atoms with E-state index < -0.39 is 17.7 Å². The summed E-state index contributed by atoms with van der Waals surface area (Å²) >= 11 is 0. The highest BCUT2D eigenvalue weighted by Gasteiger charge is 2.67. The van der Waals surface area contributed by atoms with Gasteiger partial charge in [0.15, 0.2) is 0 Å². The standard InChI is InChI=1S/C25H41NO5/c1-8-30-22(28)20-15-25(16-21(25)26(20)23(29)31-24(5,6)7)13-12-19(27)14-18(4)11-9-10-17(2)3/h10,18,20-21H,8-9,11-16H2,1-7H3/t18-,20+,21-,25+/m1/s1. The van der Waals surface area contributed by atoms with Crippen LogP contribution in [0.25, 0.3) is 0 Å². The van der Waals surface area contributed by atoms with Crippen molar-refractivity contribution in [2.45, 2.75) is 111 Å². The van der Waals surface area contributed by atoms with Crippen molar-refractivity contribution < 1.29 is 23.9 Å². The average Bonchev–Trinajstić information content (AvgIpc) is 3.22. The van der Waals surface area contributed by atoms with Crippen molar-refractivity contribution in [3.05, 3.63) is 11.6 Å². The molecule has 1 saturated heterocycles. The minimum absolute atomic E-state index is 0.0420. The van der Waals surface area contributed by atoms with Crippen molar-refractivity contribution in [3.63, 3.8) is 0 Å². The van der Waals surface area contributed by atoms with Crippen LogP contribution in [0.15, 0.2) is 11.6 Å². The summed E-state index contributed by atoms with van der Waals surface area (Å²) in [6.45, 7) is 13.8. The number of carbonyl (C=O) groups excluding carboxylic acids is 3. The van der Waals surface area contributed by atoms with Gasteiger partial charge in [0.25, 0.3) is 0 Å². The molecule has 176 valence electrons. The molecule has 1 saturated carbocycles. The van der Waals surface area contributed by atoms with Gasteiger partial charge in [-0.1, -0.05) is 18.6 Å². The van der Waals surface area contributed by atoms with E-state index >= 15 is 0 Å². The van der Waals surface area contributed by atoms with E-state index in [2.05, 4.69) is 26.8 Å². The number of fused-ring (bicyclic) bond motifs is 1. The van der Waals surface area contributed by atoms with Crippen LogP contribution in [-0.2, 0) is 19.1 Å². The Hall–Kier alpha value is -1.85. The van der Waals surface area contributed by atoms with Crippen LogP contribution in [0.2, 0.25) is 0 Å². The summed E-state index contributed by atoms with van der Waals surface area (Å²) in [6, 6.07) is -0.661. The van der Waals surface area contributed by atoms with Crippen LogP contribution in [0.1, 0.15) is 93.4 Å². The first-order valence-electron chi connectivity index (χ1n) is 11.7. The first-order valence-corrected chi connectivity index (χ1v) is 11.7. The van der Waals surface area contributed by atoms with Crippen LogP contribution in [-0.4, -0.2) is 47.0 Å². The third kappa shape index (κ3) is 7.08. The molecule has 4 atom stereocenters. The number of piperidine rings is 1. The Kier molecular flexibility index (Phi) is 8.34. The number of esters is 1. The smallest absolute Gasteiger partial charge is 0.411 e. The highest BCUT2D eigenvalue weighted by atomic mass is 16.6. The van der Waals surface area contributed by atoms with Gasteiger partial charge in [0, 0.05) is 18.9 Å². The van der Waals surface area contributed by atoms with Gasteiger partial charge in [-0.15, -0.1) is 0 Å². The molecule has 31 heavy (non-hydrogen) atoms.